The Kier molecular flexibility index (Phi) is 11.9. The maximum Gasteiger partial charge on any atom is 0.407 e. The third-order valence-electron chi connectivity index (χ3n) is 10.1. The number of nitrogens with one attached hydrogen (secondary N) is 2. The lowest BCUT2D eigenvalue weighted by atomic mass is 9.89. The average molecular weight is 711 g/mol. The number of aliphatic imine (C=N–C) groups is 1. The van der Waals surface area contributed by atoms with Gasteiger partial charge in [-0.3, -0.25) is 9.79 Å². The summed E-state index contributed by atoms with van der Waals surface area (Å²) in [6.07, 6.45) is 5.71. The molecule has 272 valence electrons. The van der Waals surface area contributed by atoms with Gasteiger partial charge in [-0.2, -0.15) is 4.31 Å². The normalized spacial score (nSPS) is 25.1. The third kappa shape index (κ3) is 8.74. The van der Waals surface area contributed by atoms with Crippen LogP contribution in [0.3, 0.4) is 0 Å². The molecular weight excluding hydrogens is 660 g/mol. The molecule has 3 heterocycles. The highest BCUT2D eigenvalue weighted by molar-refractivity contribution is 7.89. The first-order chi connectivity index (χ1) is 24.1. The predicted molar refractivity (Wildman–Crippen MR) is 188 cm³/mol. The molecule has 2 amide bonds. The van der Waals surface area contributed by atoms with Crippen molar-refractivity contribution in [1.29, 1.82) is 0 Å². The van der Waals surface area contributed by atoms with Crippen LogP contribution in [0.2, 0.25) is 0 Å². The summed E-state index contributed by atoms with van der Waals surface area (Å²) >= 11 is 0. The van der Waals surface area contributed by atoms with Gasteiger partial charge in [-0.15, -0.1) is 0 Å². The van der Waals surface area contributed by atoms with Crippen LogP contribution in [0.4, 0.5) is 10.5 Å². The summed E-state index contributed by atoms with van der Waals surface area (Å²) in [7, 11) is -4.14. The van der Waals surface area contributed by atoms with E-state index in [-0.39, 0.29) is 55.0 Å². The number of aliphatic hydroxyl groups is 1. The van der Waals surface area contributed by atoms with Crippen molar-refractivity contribution in [2.24, 2.45) is 22.7 Å². The number of hydrogen-bond donors (Lipinski definition) is 3. The van der Waals surface area contributed by atoms with Crippen LogP contribution in [0.25, 0.3) is 0 Å². The number of anilines is 1. The van der Waals surface area contributed by atoms with Crippen molar-refractivity contribution in [3.8, 4) is 0 Å². The molecule has 0 spiro atoms. The van der Waals surface area contributed by atoms with Crippen LogP contribution in [-0.4, -0.2) is 93.4 Å². The van der Waals surface area contributed by atoms with Crippen molar-refractivity contribution in [3.63, 3.8) is 0 Å². The topological polar surface area (TPSA) is 156 Å². The molecule has 6 atom stereocenters. The highest BCUT2D eigenvalue weighted by Crippen LogP contribution is 2.35. The van der Waals surface area contributed by atoms with Gasteiger partial charge in [-0.1, -0.05) is 63.4 Å². The maximum atomic E-state index is 14.3. The van der Waals surface area contributed by atoms with Crippen molar-refractivity contribution in [2.75, 3.05) is 38.2 Å². The molecule has 3 aliphatic heterocycles. The summed E-state index contributed by atoms with van der Waals surface area (Å²) in [4.78, 5) is 30.8. The SMILES string of the molecule is CC(C)CN(CC(O)C(Cc1ccccc1)NC(=O)OC1COC2OCCC12)S(=O)(=O)c1ccc2c(c1)C(C=NCC1CCCCC1)C(=O)N2. The fourth-order valence-electron chi connectivity index (χ4n) is 7.44. The predicted octanol–water partition coefficient (Wildman–Crippen LogP) is 4.48. The molecule has 13 heteroatoms. The Morgan fingerprint density at radius 3 is 2.64 bits per heavy atom. The Labute approximate surface area is 295 Å². The van der Waals surface area contributed by atoms with Crippen molar-refractivity contribution >= 4 is 33.9 Å². The number of ether oxygens (including phenoxy) is 3. The van der Waals surface area contributed by atoms with Gasteiger partial charge in [0, 0.05) is 31.5 Å². The van der Waals surface area contributed by atoms with Gasteiger partial charge in [0.15, 0.2) is 6.29 Å². The van der Waals surface area contributed by atoms with Gasteiger partial charge in [0.1, 0.15) is 12.0 Å². The number of nitrogens with zero attached hydrogens (tertiary/aromatic N) is 2. The molecule has 0 aromatic heterocycles. The molecule has 1 aliphatic carbocycles. The highest BCUT2D eigenvalue weighted by Gasteiger charge is 2.44. The number of carbonyl (C=O) groups excluding carboxylic acids is 2. The minimum Gasteiger partial charge on any atom is -0.443 e. The van der Waals surface area contributed by atoms with E-state index < -0.39 is 40.3 Å². The lowest BCUT2D eigenvalue weighted by Crippen LogP contribution is -2.51. The summed E-state index contributed by atoms with van der Waals surface area (Å²) in [5, 5.41) is 17.3. The average Bonchev–Trinajstić information content (AvgIpc) is 3.80. The highest BCUT2D eigenvalue weighted by atomic mass is 32.2. The molecule has 3 N–H and O–H groups in total. The van der Waals surface area contributed by atoms with Crippen LogP contribution in [-0.2, 0) is 35.4 Å². The second-order valence-electron chi connectivity index (χ2n) is 14.4. The molecule has 0 bridgehead atoms. The number of fused-ring (bicyclic) bond motifs is 2. The second kappa shape index (κ2) is 16.3. The van der Waals surface area contributed by atoms with Gasteiger partial charge in [-0.25, -0.2) is 13.2 Å². The zero-order valence-corrected chi connectivity index (χ0v) is 29.7. The number of carbonyl (C=O) groups is 2. The van der Waals surface area contributed by atoms with Gasteiger partial charge < -0.3 is 30.0 Å². The number of aliphatic hydroxyl groups excluding tert-OH is 1. The molecule has 3 fully saturated rings. The summed E-state index contributed by atoms with van der Waals surface area (Å²) in [5.74, 6) is -0.526. The van der Waals surface area contributed by atoms with E-state index >= 15 is 0 Å². The van der Waals surface area contributed by atoms with Crippen molar-refractivity contribution in [3.05, 3.63) is 59.7 Å². The van der Waals surface area contributed by atoms with E-state index in [0.29, 0.717) is 30.3 Å². The summed E-state index contributed by atoms with van der Waals surface area (Å²) in [6, 6.07) is 13.2. The Morgan fingerprint density at radius 1 is 1.10 bits per heavy atom. The van der Waals surface area contributed by atoms with Crippen LogP contribution >= 0.6 is 0 Å². The number of alkyl carbamates (subject to hydrolysis) is 1. The minimum absolute atomic E-state index is 0.0211. The fourth-order valence-corrected chi connectivity index (χ4v) is 9.10. The lowest BCUT2D eigenvalue weighted by molar-refractivity contribution is -0.115. The summed E-state index contributed by atoms with van der Waals surface area (Å²) < 4.78 is 46.7. The van der Waals surface area contributed by atoms with E-state index in [9.17, 15) is 23.1 Å². The Hall–Kier alpha value is -3.36. The maximum absolute atomic E-state index is 14.3. The van der Waals surface area contributed by atoms with Crippen molar-refractivity contribution in [2.45, 2.75) is 94.1 Å². The van der Waals surface area contributed by atoms with E-state index in [1.165, 1.54) is 29.6 Å². The van der Waals surface area contributed by atoms with E-state index in [4.69, 9.17) is 14.2 Å². The molecular formula is C37H50N4O8S. The van der Waals surface area contributed by atoms with Gasteiger partial charge in [0.05, 0.1) is 36.2 Å². The molecule has 2 aromatic carbocycles. The van der Waals surface area contributed by atoms with Gasteiger partial charge >= 0.3 is 6.09 Å². The molecule has 6 unspecified atom stereocenters. The number of hydrogen-bond acceptors (Lipinski definition) is 9. The third-order valence-corrected chi connectivity index (χ3v) is 12.0. The number of benzene rings is 2. The zero-order valence-electron chi connectivity index (χ0n) is 28.9. The van der Waals surface area contributed by atoms with Crippen LogP contribution in [0.5, 0.6) is 0 Å². The molecule has 1 saturated carbocycles. The van der Waals surface area contributed by atoms with E-state index in [1.54, 1.807) is 18.3 Å². The number of amides is 2. The molecule has 12 nitrogen and oxygen atoms in total. The van der Waals surface area contributed by atoms with Gasteiger partial charge in [0.25, 0.3) is 0 Å². The fraction of sp³-hybridized carbons (Fsp3) is 0.595. The summed E-state index contributed by atoms with van der Waals surface area (Å²) in [6.45, 7) is 5.09. The Bertz CT molecular complexity index is 1610. The first-order valence-electron chi connectivity index (χ1n) is 18.0. The van der Waals surface area contributed by atoms with Crippen LogP contribution in [0, 0.1) is 17.8 Å². The largest absolute Gasteiger partial charge is 0.443 e. The van der Waals surface area contributed by atoms with E-state index in [2.05, 4.69) is 15.6 Å². The van der Waals surface area contributed by atoms with Crippen molar-refractivity contribution < 1.29 is 37.3 Å². The molecule has 0 radical (unpaired) electrons. The molecule has 2 aromatic rings. The quantitative estimate of drug-likeness (QED) is 0.243. The lowest BCUT2D eigenvalue weighted by Gasteiger charge is -2.31. The van der Waals surface area contributed by atoms with Crippen LogP contribution < -0.4 is 10.6 Å². The Balaban J connectivity index is 1.19. The number of sulfonamides is 1. The van der Waals surface area contributed by atoms with Crippen molar-refractivity contribution in [1.82, 2.24) is 9.62 Å². The Morgan fingerprint density at radius 2 is 1.88 bits per heavy atom. The van der Waals surface area contributed by atoms with Crippen LogP contribution in [0.1, 0.15) is 69.4 Å². The van der Waals surface area contributed by atoms with E-state index in [1.807, 2.05) is 44.2 Å². The second-order valence-corrected chi connectivity index (χ2v) is 16.4. The molecule has 50 heavy (non-hydrogen) atoms. The van der Waals surface area contributed by atoms with E-state index in [0.717, 1.165) is 24.8 Å². The monoisotopic (exact) mass is 710 g/mol. The first kappa shape index (κ1) is 36.4. The molecule has 4 aliphatic rings. The minimum atomic E-state index is -4.14. The molecule has 2 saturated heterocycles. The summed E-state index contributed by atoms with van der Waals surface area (Å²) in [5.41, 5.74) is 1.98. The zero-order chi connectivity index (χ0) is 35.3. The molecule has 6 rings (SSSR count). The standard InChI is InChI=1S/C37H50N4O8S/c1-24(2)21-41(50(45,46)27-13-14-31-29(18-27)30(35(43)39-31)20-38-19-26-11-7-4-8-12-26)22-33(42)32(17-25-9-5-3-6-10-25)40-37(44)49-34-23-48-36-28(34)15-16-47-36/h3,5-6,9-10,13-14,18,20,24,26,28,30,32-34,36,42H,4,7-8,11-12,15-17,19,21-23H2,1-2H3,(H,39,43)(H,40,44). The number of rotatable bonds is 14. The van der Waals surface area contributed by atoms with Crippen LogP contribution in [0.15, 0.2) is 58.4 Å². The first-order valence-corrected chi connectivity index (χ1v) is 19.4. The van der Waals surface area contributed by atoms with Gasteiger partial charge in [-0.05, 0) is 66.8 Å². The van der Waals surface area contributed by atoms with Gasteiger partial charge in [0.2, 0.25) is 15.9 Å². The smallest absolute Gasteiger partial charge is 0.407 e.